The Balaban J connectivity index is 1.49. The van der Waals surface area contributed by atoms with E-state index in [1.165, 1.54) is 25.9 Å². The van der Waals surface area contributed by atoms with Crippen LogP contribution in [-0.4, -0.2) is 41.0 Å². The van der Waals surface area contributed by atoms with Gasteiger partial charge in [-0.25, -0.2) is 0 Å². The third kappa shape index (κ3) is 2.68. The molecular formula is C19H23N3O. The van der Waals surface area contributed by atoms with E-state index in [0.717, 1.165) is 11.3 Å². The van der Waals surface area contributed by atoms with Crippen LogP contribution in [-0.2, 0) is 0 Å². The van der Waals surface area contributed by atoms with E-state index < -0.39 is 0 Å². The largest absolute Gasteiger partial charge is 0.351 e. The molecule has 0 unspecified atom stereocenters. The Labute approximate surface area is 136 Å². The lowest BCUT2D eigenvalue weighted by Crippen LogP contribution is -2.62. The summed E-state index contributed by atoms with van der Waals surface area (Å²) in [6.45, 7) is 4.60. The number of rotatable bonds is 3. The molecule has 0 aliphatic carbocycles. The molecule has 3 aliphatic rings. The van der Waals surface area contributed by atoms with Crippen LogP contribution in [0, 0.1) is 5.92 Å². The number of hydrogen-bond acceptors (Lipinski definition) is 2. The van der Waals surface area contributed by atoms with Crippen LogP contribution in [0.4, 0.5) is 0 Å². The summed E-state index contributed by atoms with van der Waals surface area (Å²) in [6.07, 6.45) is 2.41. The molecule has 4 heteroatoms. The maximum absolute atomic E-state index is 12.6. The fourth-order valence-electron chi connectivity index (χ4n) is 4.09. The summed E-state index contributed by atoms with van der Waals surface area (Å²) in [6, 6.07) is 14.7. The lowest BCUT2D eigenvalue weighted by atomic mass is 9.79. The van der Waals surface area contributed by atoms with Crippen LogP contribution < -0.4 is 5.32 Å². The fourth-order valence-corrected chi connectivity index (χ4v) is 4.09. The van der Waals surface area contributed by atoms with E-state index >= 15 is 0 Å². The SMILES string of the molecule is C[C@@H]1[C@H](NC(=O)c2ccc(-c3ccccc3)[nH]2)C2CCN1CC2. The second-order valence-corrected chi connectivity index (χ2v) is 6.76. The number of benzene rings is 1. The molecule has 0 saturated carbocycles. The first-order chi connectivity index (χ1) is 11.2. The van der Waals surface area contributed by atoms with Crippen molar-refractivity contribution >= 4 is 5.91 Å². The average Bonchev–Trinajstić information content (AvgIpc) is 3.09. The van der Waals surface area contributed by atoms with Crippen molar-refractivity contribution in [1.29, 1.82) is 0 Å². The Hall–Kier alpha value is -2.07. The first-order valence-corrected chi connectivity index (χ1v) is 8.52. The minimum absolute atomic E-state index is 0.0118. The molecule has 4 heterocycles. The zero-order chi connectivity index (χ0) is 15.8. The number of fused-ring (bicyclic) bond motifs is 3. The number of nitrogens with zero attached hydrogens (tertiary/aromatic N) is 1. The summed E-state index contributed by atoms with van der Waals surface area (Å²) < 4.78 is 0. The highest BCUT2D eigenvalue weighted by molar-refractivity contribution is 5.93. The second-order valence-electron chi connectivity index (χ2n) is 6.76. The fraction of sp³-hybridized carbons (Fsp3) is 0.421. The maximum Gasteiger partial charge on any atom is 0.267 e. The van der Waals surface area contributed by atoms with Gasteiger partial charge in [-0.3, -0.25) is 9.69 Å². The molecule has 3 saturated heterocycles. The predicted molar refractivity (Wildman–Crippen MR) is 91.2 cm³/mol. The third-order valence-corrected chi connectivity index (χ3v) is 5.49. The van der Waals surface area contributed by atoms with Gasteiger partial charge in [0.2, 0.25) is 0 Å². The standard InChI is InChI=1S/C19H23N3O/c1-13-18(15-9-11-22(13)12-10-15)21-19(23)17-8-7-16(20-17)14-5-3-2-4-6-14/h2-8,13,15,18,20H,9-12H2,1H3,(H,21,23)/t13-,18+/m1/s1. The van der Waals surface area contributed by atoms with E-state index in [-0.39, 0.29) is 11.9 Å². The van der Waals surface area contributed by atoms with Gasteiger partial charge in [-0.05, 0) is 56.5 Å². The van der Waals surface area contributed by atoms with Crippen LogP contribution in [0.5, 0.6) is 0 Å². The molecule has 120 valence electrons. The number of nitrogens with one attached hydrogen (secondary N) is 2. The highest BCUT2D eigenvalue weighted by Gasteiger charge is 2.40. The molecule has 0 radical (unpaired) electrons. The molecule has 23 heavy (non-hydrogen) atoms. The van der Waals surface area contributed by atoms with E-state index in [9.17, 15) is 4.79 Å². The monoisotopic (exact) mass is 309 g/mol. The van der Waals surface area contributed by atoms with Crippen LogP contribution in [0.15, 0.2) is 42.5 Å². The molecule has 3 aliphatic heterocycles. The van der Waals surface area contributed by atoms with Crippen LogP contribution in [0.25, 0.3) is 11.3 Å². The molecule has 1 aromatic heterocycles. The van der Waals surface area contributed by atoms with Gasteiger partial charge in [0.15, 0.2) is 0 Å². The van der Waals surface area contributed by atoms with Gasteiger partial charge in [-0.1, -0.05) is 30.3 Å². The first-order valence-electron chi connectivity index (χ1n) is 8.52. The summed E-state index contributed by atoms with van der Waals surface area (Å²) in [5.74, 6) is 0.639. The summed E-state index contributed by atoms with van der Waals surface area (Å²) in [4.78, 5) is 18.4. The third-order valence-electron chi connectivity index (χ3n) is 5.49. The molecule has 5 rings (SSSR count). The summed E-state index contributed by atoms with van der Waals surface area (Å²) >= 11 is 0. The predicted octanol–water partition coefficient (Wildman–Crippen LogP) is 2.89. The Morgan fingerprint density at radius 2 is 1.87 bits per heavy atom. The van der Waals surface area contributed by atoms with Gasteiger partial charge in [-0.2, -0.15) is 0 Å². The van der Waals surface area contributed by atoms with Gasteiger partial charge in [0.25, 0.3) is 5.91 Å². The number of H-pyrrole nitrogens is 1. The van der Waals surface area contributed by atoms with Crippen molar-refractivity contribution in [1.82, 2.24) is 15.2 Å². The molecule has 1 amide bonds. The Bertz CT molecular complexity index is 684. The lowest BCUT2D eigenvalue weighted by molar-refractivity contribution is 0.0216. The normalized spacial score (nSPS) is 29.4. The zero-order valence-corrected chi connectivity index (χ0v) is 13.5. The quantitative estimate of drug-likeness (QED) is 0.916. The second kappa shape index (κ2) is 5.85. The number of carbonyl (C=O) groups is 1. The number of amides is 1. The molecule has 2 bridgehead atoms. The van der Waals surface area contributed by atoms with Crippen molar-refractivity contribution < 1.29 is 4.79 Å². The zero-order valence-electron chi connectivity index (χ0n) is 13.5. The number of carbonyl (C=O) groups excluding carboxylic acids is 1. The number of hydrogen-bond donors (Lipinski definition) is 2. The van der Waals surface area contributed by atoms with Crippen LogP contribution in [0.3, 0.4) is 0 Å². The Kier molecular flexibility index (Phi) is 3.69. The van der Waals surface area contributed by atoms with Gasteiger partial charge in [0.05, 0.1) is 0 Å². The number of aromatic nitrogens is 1. The van der Waals surface area contributed by atoms with E-state index in [0.29, 0.717) is 17.7 Å². The molecule has 4 nitrogen and oxygen atoms in total. The van der Waals surface area contributed by atoms with Gasteiger partial charge in [-0.15, -0.1) is 0 Å². The topological polar surface area (TPSA) is 48.1 Å². The highest BCUT2D eigenvalue weighted by Crippen LogP contribution is 2.32. The van der Waals surface area contributed by atoms with Crippen molar-refractivity contribution in [3.8, 4) is 11.3 Å². The maximum atomic E-state index is 12.6. The first kappa shape index (κ1) is 14.5. The number of aromatic amines is 1. The molecule has 1 aromatic carbocycles. The van der Waals surface area contributed by atoms with E-state index in [2.05, 4.69) is 22.1 Å². The summed E-state index contributed by atoms with van der Waals surface area (Å²) in [5.41, 5.74) is 2.73. The minimum Gasteiger partial charge on any atom is -0.351 e. The average molecular weight is 309 g/mol. The highest BCUT2D eigenvalue weighted by atomic mass is 16.2. The van der Waals surface area contributed by atoms with E-state index in [1.807, 2.05) is 42.5 Å². The minimum atomic E-state index is 0.0118. The molecule has 2 aromatic rings. The van der Waals surface area contributed by atoms with Crippen molar-refractivity contribution in [3.05, 3.63) is 48.2 Å². The van der Waals surface area contributed by atoms with Crippen LogP contribution in [0.1, 0.15) is 30.3 Å². The van der Waals surface area contributed by atoms with Gasteiger partial charge in [0.1, 0.15) is 5.69 Å². The van der Waals surface area contributed by atoms with Crippen molar-refractivity contribution in [2.45, 2.75) is 31.8 Å². The molecule has 2 N–H and O–H groups in total. The summed E-state index contributed by atoms with van der Waals surface area (Å²) in [7, 11) is 0. The lowest BCUT2D eigenvalue weighted by Gasteiger charge is -2.49. The van der Waals surface area contributed by atoms with Gasteiger partial charge >= 0.3 is 0 Å². The molecule has 3 fully saturated rings. The van der Waals surface area contributed by atoms with E-state index in [4.69, 9.17) is 0 Å². The van der Waals surface area contributed by atoms with Gasteiger partial charge < -0.3 is 10.3 Å². The molecule has 2 atom stereocenters. The number of piperidine rings is 3. The summed E-state index contributed by atoms with van der Waals surface area (Å²) in [5, 5.41) is 3.27. The van der Waals surface area contributed by atoms with Crippen LogP contribution in [0.2, 0.25) is 0 Å². The van der Waals surface area contributed by atoms with Crippen molar-refractivity contribution in [2.75, 3.05) is 13.1 Å². The Morgan fingerprint density at radius 3 is 2.57 bits per heavy atom. The molecule has 0 spiro atoms. The van der Waals surface area contributed by atoms with E-state index in [1.54, 1.807) is 0 Å². The smallest absolute Gasteiger partial charge is 0.267 e. The van der Waals surface area contributed by atoms with Gasteiger partial charge in [0, 0.05) is 17.8 Å². The van der Waals surface area contributed by atoms with Crippen molar-refractivity contribution in [2.24, 2.45) is 5.92 Å². The van der Waals surface area contributed by atoms with Crippen LogP contribution >= 0.6 is 0 Å². The molecular weight excluding hydrogens is 286 g/mol. The van der Waals surface area contributed by atoms with Crippen molar-refractivity contribution in [3.63, 3.8) is 0 Å². The Morgan fingerprint density at radius 1 is 1.13 bits per heavy atom.